The summed E-state index contributed by atoms with van der Waals surface area (Å²) in [5.74, 6) is 5.19. The van der Waals surface area contributed by atoms with Crippen LogP contribution in [0.1, 0.15) is 11.1 Å². The first-order chi connectivity index (χ1) is 10.0. The number of aliphatic hydroxyl groups excluding tert-OH is 1. The predicted octanol–water partition coefficient (Wildman–Crippen LogP) is 1.44. The zero-order valence-corrected chi connectivity index (χ0v) is 12.3. The minimum absolute atomic E-state index is 0.165. The fourth-order valence-corrected chi connectivity index (χ4v) is 2.99. The topological polar surface area (TPSA) is 70.8 Å². The van der Waals surface area contributed by atoms with Crippen molar-refractivity contribution in [1.29, 1.82) is 0 Å². The van der Waals surface area contributed by atoms with Crippen LogP contribution in [0, 0.1) is 11.8 Å². The highest BCUT2D eigenvalue weighted by atomic mass is 32.2. The maximum atomic E-state index is 12.5. The summed E-state index contributed by atoms with van der Waals surface area (Å²) in [5, 5.41) is 8.68. The standard InChI is InChI=1S/C15H15NO4S/c1-16(11-14-7-9-20-12-14)21(18,19)15-6-2-4-13(10-15)5-3-8-17/h2,4,6-7,9-10,12,17H,8,11H2,1H3. The molecule has 0 unspecified atom stereocenters. The van der Waals surface area contributed by atoms with Crippen molar-refractivity contribution in [2.45, 2.75) is 11.4 Å². The van der Waals surface area contributed by atoms with Gasteiger partial charge >= 0.3 is 0 Å². The van der Waals surface area contributed by atoms with Gasteiger partial charge in [0.2, 0.25) is 10.0 Å². The van der Waals surface area contributed by atoms with E-state index in [2.05, 4.69) is 11.8 Å². The van der Waals surface area contributed by atoms with E-state index in [-0.39, 0.29) is 18.0 Å². The molecule has 1 heterocycles. The van der Waals surface area contributed by atoms with Crippen molar-refractivity contribution >= 4 is 10.0 Å². The monoisotopic (exact) mass is 305 g/mol. The summed E-state index contributed by atoms with van der Waals surface area (Å²) >= 11 is 0. The molecule has 0 fully saturated rings. The molecule has 0 saturated carbocycles. The Kier molecular flexibility index (Phi) is 4.81. The van der Waals surface area contributed by atoms with E-state index in [1.165, 1.54) is 36.0 Å². The molecule has 1 aromatic carbocycles. The average molecular weight is 305 g/mol. The second kappa shape index (κ2) is 6.59. The molecule has 0 aliphatic heterocycles. The van der Waals surface area contributed by atoms with Crippen molar-refractivity contribution in [2.24, 2.45) is 0 Å². The van der Waals surface area contributed by atoms with Crippen molar-refractivity contribution in [1.82, 2.24) is 4.31 Å². The molecular formula is C15H15NO4S. The zero-order valence-electron chi connectivity index (χ0n) is 11.5. The third kappa shape index (κ3) is 3.73. The zero-order chi connectivity index (χ0) is 15.3. The van der Waals surface area contributed by atoms with Gasteiger partial charge in [-0.25, -0.2) is 8.42 Å². The van der Waals surface area contributed by atoms with Crippen LogP contribution >= 0.6 is 0 Å². The Hall–Kier alpha value is -2.07. The van der Waals surface area contributed by atoms with Crippen molar-refractivity contribution in [3.8, 4) is 11.8 Å². The Morgan fingerprint density at radius 3 is 2.81 bits per heavy atom. The van der Waals surface area contributed by atoms with Crippen LogP contribution in [0.25, 0.3) is 0 Å². The molecule has 0 saturated heterocycles. The van der Waals surface area contributed by atoms with Crippen LogP contribution in [0.4, 0.5) is 0 Å². The van der Waals surface area contributed by atoms with E-state index in [0.29, 0.717) is 5.56 Å². The molecule has 110 valence electrons. The Labute approximate surface area is 123 Å². The lowest BCUT2D eigenvalue weighted by Crippen LogP contribution is -2.26. The molecule has 0 bridgehead atoms. The molecule has 1 N–H and O–H groups in total. The van der Waals surface area contributed by atoms with Crippen molar-refractivity contribution in [3.05, 3.63) is 54.0 Å². The van der Waals surface area contributed by atoms with E-state index >= 15 is 0 Å². The van der Waals surface area contributed by atoms with Crippen LogP contribution < -0.4 is 0 Å². The van der Waals surface area contributed by atoms with Gasteiger partial charge in [0.15, 0.2) is 0 Å². The number of sulfonamides is 1. The fraction of sp³-hybridized carbons (Fsp3) is 0.200. The average Bonchev–Trinajstić information content (AvgIpc) is 2.98. The lowest BCUT2D eigenvalue weighted by molar-refractivity contribution is 0.350. The molecule has 0 aliphatic carbocycles. The quantitative estimate of drug-likeness (QED) is 0.868. The Morgan fingerprint density at radius 1 is 1.33 bits per heavy atom. The van der Waals surface area contributed by atoms with Gasteiger partial charge in [-0.05, 0) is 24.3 Å². The summed E-state index contributed by atoms with van der Waals surface area (Å²) in [6.45, 7) is -0.0389. The smallest absolute Gasteiger partial charge is 0.243 e. The maximum absolute atomic E-state index is 12.5. The Morgan fingerprint density at radius 2 is 2.14 bits per heavy atom. The number of hydrogen-bond acceptors (Lipinski definition) is 4. The van der Waals surface area contributed by atoms with Crippen LogP contribution in [-0.2, 0) is 16.6 Å². The minimum atomic E-state index is -3.60. The summed E-state index contributed by atoms with van der Waals surface area (Å²) < 4.78 is 31.1. The number of aliphatic hydroxyl groups is 1. The molecule has 0 aliphatic rings. The van der Waals surface area contributed by atoms with Gasteiger partial charge in [0, 0.05) is 24.7 Å². The first kappa shape index (κ1) is 15.3. The molecule has 0 atom stereocenters. The highest BCUT2D eigenvalue weighted by Crippen LogP contribution is 2.18. The van der Waals surface area contributed by atoms with Crippen LogP contribution in [0.15, 0.2) is 52.2 Å². The van der Waals surface area contributed by atoms with Crippen molar-refractivity contribution in [3.63, 3.8) is 0 Å². The van der Waals surface area contributed by atoms with E-state index in [1.807, 2.05) is 0 Å². The third-order valence-corrected chi connectivity index (χ3v) is 4.64. The number of nitrogens with zero attached hydrogens (tertiary/aromatic N) is 1. The summed E-state index contributed by atoms with van der Waals surface area (Å²) in [5.41, 5.74) is 1.32. The van der Waals surface area contributed by atoms with Crippen LogP contribution in [0.2, 0.25) is 0 Å². The number of hydrogen-bond donors (Lipinski definition) is 1. The SMILES string of the molecule is CN(Cc1ccoc1)S(=O)(=O)c1cccc(C#CCO)c1. The Bertz CT molecular complexity index is 754. The molecule has 21 heavy (non-hydrogen) atoms. The van der Waals surface area contributed by atoms with Crippen LogP contribution in [-0.4, -0.2) is 31.5 Å². The molecule has 0 radical (unpaired) electrons. The molecule has 0 spiro atoms. The molecular weight excluding hydrogens is 290 g/mol. The summed E-state index contributed by atoms with van der Waals surface area (Å²) in [7, 11) is -2.09. The summed E-state index contributed by atoms with van der Waals surface area (Å²) in [6.07, 6.45) is 3.01. The van der Waals surface area contributed by atoms with Crippen molar-refractivity contribution in [2.75, 3.05) is 13.7 Å². The van der Waals surface area contributed by atoms with Gasteiger partial charge in [-0.1, -0.05) is 17.9 Å². The summed E-state index contributed by atoms with van der Waals surface area (Å²) in [4.78, 5) is 0.165. The molecule has 5 nitrogen and oxygen atoms in total. The highest BCUT2D eigenvalue weighted by Gasteiger charge is 2.21. The maximum Gasteiger partial charge on any atom is 0.243 e. The van der Waals surface area contributed by atoms with E-state index in [4.69, 9.17) is 9.52 Å². The van der Waals surface area contributed by atoms with Gasteiger partial charge in [-0.3, -0.25) is 0 Å². The number of rotatable bonds is 4. The first-order valence-corrected chi connectivity index (χ1v) is 7.65. The van der Waals surface area contributed by atoms with E-state index in [9.17, 15) is 8.42 Å². The van der Waals surface area contributed by atoms with Gasteiger partial charge in [0.25, 0.3) is 0 Å². The molecule has 6 heteroatoms. The van der Waals surface area contributed by atoms with E-state index in [1.54, 1.807) is 18.2 Å². The summed E-state index contributed by atoms with van der Waals surface area (Å²) in [6, 6.07) is 8.04. The molecule has 1 aromatic heterocycles. The highest BCUT2D eigenvalue weighted by molar-refractivity contribution is 7.89. The van der Waals surface area contributed by atoms with Gasteiger partial charge in [-0.15, -0.1) is 0 Å². The lowest BCUT2D eigenvalue weighted by Gasteiger charge is -2.16. The van der Waals surface area contributed by atoms with E-state index in [0.717, 1.165) is 5.56 Å². The molecule has 0 amide bonds. The third-order valence-electron chi connectivity index (χ3n) is 2.84. The van der Waals surface area contributed by atoms with Crippen LogP contribution in [0.3, 0.4) is 0 Å². The number of benzene rings is 1. The lowest BCUT2D eigenvalue weighted by atomic mass is 10.2. The Balaban J connectivity index is 2.26. The van der Waals surface area contributed by atoms with Gasteiger partial charge in [-0.2, -0.15) is 4.31 Å². The fourth-order valence-electron chi connectivity index (χ4n) is 1.78. The second-order valence-electron chi connectivity index (χ2n) is 4.38. The van der Waals surface area contributed by atoms with E-state index < -0.39 is 10.0 Å². The van der Waals surface area contributed by atoms with Gasteiger partial charge in [0.05, 0.1) is 17.4 Å². The molecule has 2 rings (SSSR count). The first-order valence-electron chi connectivity index (χ1n) is 6.21. The largest absolute Gasteiger partial charge is 0.472 e. The van der Waals surface area contributed by atoms with Gasteiger partial charge in [0.1, 0.15) is 6.61 Å². The normalized spacial score (nSPS) is 11.2. The minimum Gasteiger partial charge on any atom is -0.472 e. The second-order valence-corrected chi connectivity index (χ2v) is 6.43. The number of furan rings is 1. The predicted molar refractivity (Wildman–Crippen MR) is 77.8 cm³/mol. The van der Waals surface area contributed by atoms with Crippen molar-refractivity contribution < 1.29 is 17.9 Å². The molecule has 2 aromatic rings. The van der Waals surface area contributed by atoms with Gasteiger partial charge < -0.3 is 9.52 Å². The van der Waals surface area contributed by atoms with Crippen LogP contribution in [0.5, 0.6) is 0 Å².